The number of carbonyl (C=O) groups excluding carboxylic acids is 4. The fourth-order valence-electron chi connectivity index (χ4n) is 9.10. The monoisotopic (exact) mass is 559 g/mol. The van der Waals surface area contributed by atoms with Crippen LogP contribution in [-0.2, 0) is 38.1 Å². The van der Waals surface area contributed by atoms with Gasteiger partial charge in [-0.1, -0.05) is 32.9 Å². The lowest BCUT2D eigenvalue weighted by Crippen LogP contribution is -2.76. The number of nitriles is 1. The fraction of sp³-hybridized carbons (Fsp3) is 0.767. The van der Waals surface area contributed by atoms with Crippen molar-refractivity contribution in [3.05, 3.63) is 12.2 Å². The number of esters is 3. The van der Waals surface area contributed by atoms with Gasteiger partial charge in [-0.3, -0.25) is 19.2 Å². The number of Topliss-reactive ketones (excluding diaryl/α,β-unsaturated/α-hetero) is 1. The number of rotatable bonds is 4. The Labute approximate surface area is 235 Å². The van der Waals surface area contributed by atoms with Crippen LogP contribution in [0.3, 0.4) is 0 Å². The highest BCUT2D eigenvalue weighted by molar-refractivity contribution is 5.86. The Bertz CT molecular complexity index is 1140. The van der Waals surface area contributed by atoms with E-state index in [0.717, 1.165) is 0 Å². The smallest absolute Gasteiger partial charge is 0.303 e. The highest BCUT2D eigenvalue weighted by Crippen LogP contribution is 2.70. The van der Waals surface area contributed by atoms with E-state index in [4.69, 9.17) is 18.9 Å². The average molecular weight is 560 g/mol. The van der Waals surface area contributed by atoms with Gasteiger partial charge in [-0.15, -0.1) is 0 Å². The van der Waals surface area contributed by atoms with Crippen molar-refractivity contribution in [3.8, 4) is 6.07 Å². The summed E-state index contributed by atoms with van der Waals surface area (Å²) in [5, 5.41) is 22.5. The molecular weight excluding hydrogens is 518 g/mol. The maximum Gasteiger partial charge on any atom is 0.303 e. The Morgan fingerprint density at radius 3 is 2.38 bits per heavy atom. The highest BCUT2D eigenvalue weighted by atomic mass is 16.6. The topological polar surface area (TPSA) is 149 Å². The van der Waals surface area contributed by atoms with Gasteiger partial charge in [0.15, 0.2) is 0 Å². The first-order valence-corrected chi connectivity index (χ1v) is 14.0. The third-order valence-electron chi connectivity index (χ3n) is 10.6. The summed E-state index contributed by atoms with van der Waals surface area (Å²) in [5.74, 6) is -5.14. The Balaban J connectivity index is 2.01. The number of aliphatic hydroxyl groups is 1. The third kappa shape index (κ3) is 4.28. The minimum absolute atomic E-state index is 0.0324. The lowest BCUT2D eigenvalue weighted by atomic mass is 9.36. The minimum atomic E-state index is -1.37. The Morgan fingerprint density at radius 1 is 1.15 bits per heavy atom. The van der Waals surface area contributed by atoms with Gasteiger partial charge in [0.2, 0.25) is 0 Å². The van der Waals surface area contributed by atoms with Gasteiger partial charge < -0.3 is 24.1 Å². The zero-order valence-corrected chi connectivity index (χ0v) is 24.3. The Kier molecular flexibility index (Phi) is 7.98. The minimum Gasteiger partial charge on any atom is -0.462 e. The molecule has 0 radical (unpaired) electrons. The highest BCUT2D eigenvalue weighted by Gasteiger charge is 2.75. The van der Waals surface area contributed by atoms with Crippen molar-refractivity contribution in [1.82, 2.24) is 0 Å². The molecule has 3 unspecified atom stereocenters. The molecule has 0 amide bonds. The lowest BCUT2D eigenvalue weighted by molar-refractivity contribution is -0.297. The molecule has 3 fully saturated rings. The van der Waals surface area contributed by atoms with Crippen molar-refractivity contribution in [2.24, 2.45) is 45.8 Å². The Hall–Kier alpha value is -2.77. The van der Waals surface area contributed by atoms with E-state index >= 15 is 0 Å². The molecule has 10 heteroatoms. The van der Waals surface area contributed by atoms with Crippen LogP contribution in [0.2, 0.25) is 0 Å². The van der Waals surface area contributed by atoms with Crippen LogP contribution < -0.4 is 0 Å². The lowest BCUT2D eigenvalue weighted by Gasteiger charge is -2.69. The molecule has 220 valence electrons. The van der Waals surface area contributed by atoms with Crippen molar-refractivity contribution in [2.75, 3.05) is 13.2 Å². The molecular formula is C30H41NO9. The molecule has 0 aromatic carbocycles. The first-order valence-electron chi connectivity index (χ1n) is 14.0. The van der Waals surface area contributed by atoms with Crippen LogP contribution >= 0.6 is 0 Å². The molecule has 10 nitrogen and oxygen atoms in total. The number of ether oxygens (including phenoxy) is 4. The molecule has 4 aliphatic rings. The van der Waals surface area contributed by atoms with Gasteiger partial charge in [-0.25, -0.2) is 0 Å². The molecule has 3 aliphatic carbocycles. The molecule has 0 saturated heterocycles. The predicted molar refractivity (Wildman–Crippen MR) is 140 cm³/mol. The van der Waals surface area contributed by atoms with Crippen LogP contribution in [0.25, 0.3) is 0 Å². The van der Waals surface area contributed by atoms with E-state index < -0.39 is 88.2 Å². The molecule has 40 heavy (non-hydrogen) atoms. The molecule has 0 aromatic rings. The molecule has 0 aromatic heterocycles. The second-order valence-electron chi connectivity index (χ2n) is 12.6. The molecule has 1 heterocycles. The van der Waals surface area contributed by atoms with E-state index in [-0.39, 0.29) is 19.0 Å². The second-order valence-corrected chi connectivity index (χ2v) is 12.6. The summed E-state index contributed by atoms with van der Waals surface area (Å²) in [7, 11) is 0. The maximum atomic E-state index is 13.8. The van der Waals surface area contributed by atoms with Crippen LogP contribution in [0.5, 0.6) is 0 Å². The summed E-state index contributed by atoms with van der Waals surface area (Å²) in [5.41, 5.74) is -3.09. The zero-order valence-electron chi connectivity index (χ0n) is 24.3. The molecule has 0 spiro atoms. The van der Waals surface area contributed by atoms with Gasteiger partial charge in [0.05, 0.1) is 30.6 Å². The number of allylic oxidation sites excluding steroid dienone is 1. The van der Waals surface area contributed by atoms with Crippen molar-refractivity contribution < 1.29 is 43.2 Å². The van der Waals surface area contributed by atoms with Crippen LogP contribution in [-0.4, -0.2) is 66.4 Å². The first-order chi connectivity index (χ1) is 18.7. The number of aliphatic hydroxyl groups excluding tert-OH is 1. The standard InChI is InChI=1S/C30H41NO9/c1-15-20(13-31)27(40-19(5)34)29(7)21(23(15)35)10-11-28(6)22-9-8-12-37-14-30(22,16(2)38-17(3)32)26(36)24(25(28)29)39-18(4)33/h8-9,15-16,20-22,24-27,36H,10-12,14H2,1-7H3/t15-,16?,20-,21-,22?,24-,25?,26-,27+,28-,29-,30+/m0/s1. The van der Waals surface area contributed by atoms with Crippen LogP contribution in [0.4, 0.5) is 0 Å². The van der Waals surface area contributed by atoms with Gasteiger partial charge >= 0.3 is 17.9 Å². The van der Waals surface area contributed by atoms with Crippen LogP contribution in [0, 0.1) is 57.2 Å². The summed E-state index contributed by atoms with van der Waals surface area (Å²) >= 11 is 0. The quantitative estimate of drug-likeness (QED) is 0.309. The largest absolute Gasteiger partial charge is 0.462 e. The van der Waals surface area contributed by atoms with E-state index in [0.29, 0.717) is 12.8 Å². The van der Waals surface area contributed by atoms with Crippen molar-refractivity contribution in [3.63, 3.8) is 0 Å². The van der Waals surface area contributed by atoms with Crippen LogP contribution in [0.1, 0.15) is 61.3 Å². The van der Waals surface area contributed by atoms with Gasteiger partial charge in [0, 0.05) is 43.9 Å². The van der Waals surface area contributed by atoms with E-state index in [1.165, 1.54) is 20.8 Å². The SMILES string of the molecule is CC(=O)OC(C)[C@]12COCC=CC1[C@]1(C)CC[C@H]3C(=O)[C@@H](C)[C@H](C#N)[C@@H](OC(C)=O)[C@]3(C)C1[C@H](OC(C)=O)[C@@H]2O. The van der Waals surface area contributed by atoms with Crippen molar-refractivity contribution in [2.45, 2.75) is 85.7 Å². The van der Waals surface area contributed by atoms with E-state index in [2.05, 4.69) is 6.07 Å². The molecule has 1 aliphatic heterocycles. The number of hydrogen-bond donors (Lipinski definition) is 1. The van der Waals surface area contributed by atoms with E-state index in [1.807, 2.05) is 26.0 Å². The fourth-order valence-corrected chi connectivity index (χ4v) is 9.10. The predicted octanol–water partition coefficient (Wildman–Crippen LogP) is 2.76. The number of ketones is 1. The van der Waals surface area contributed by atoms with Gasteiger partial charge in [-0.05, 0) is 31.1 Å². The summed E-state index contributed by atoms with van der Waals surface area (Å²) in [6.07, 6.45) is 0.484. The molecule has 1 N–H and O–H groups in total. The number of carbonyl (C=O) groups is 4. The third-order valence-corrected chi connectivity index (χ3v) is 10.6. The normalized spacial score (nSPS) is 44.9. The average Bonchev–Trinajstić information content (AvgIpc) is 3.10. The molecule has 0 bridgehead atoms. The first kappa shape index (κ1) is 30.2. The maximum absolute atomic E-state index is 13.8. The summed E-state index contributed by atoms with van der Waals surface area (Å²) < 4.78 is 23.5. The van der Waals surface area contributed by atoms with Gasteiger partial charge in [0.1, 0.15) is 30.2 Å². The molecule has 3 saturated carbocycles. The van der Waals surface area contributed by atoms with E-state index in [9.17, 15) is 29.5 Å². The van der Waals surface area contributed by atoms with Crippen LogP contribution in [0.15, 0.2) is 12.2 Å². The number of nitrogens with zero attached hydrogens (tertiary/aromatic N) is 1. The number of fused-ring (bicyclic) bond motifs is 5. The van der Waals surface area contributed by atoms with Gasteiger partial charge in [-0.2, -0.15) is 5.26 Å². The van der Waals surface area contributed by atoms with Crippen molar-refractivity contribution >= 4 is 23.7 Å². The molecule has 4 rings (SSSR count). The summed E-state index contributed by atoms with van der Waals surface area (Å²) in [4.78, 5) is 51.0. The van der Waals surface area contributed by atoms with Gasteiger partial charge in [0.25, 0.3) is 0 Å². The summed E-state index contributed by atoms with van der Waals surface area (Å²) in [6, 6.07) is 2.23. The second kappa shape index (κ2) is 10.6. The van der Waals surface area contributed by atoms with Crippen molar-refractivity contribution in [1.29, 1.82) is 5.26 Å². The molecule has 12 atom stereocenters. The van der Waals surface area contributed by atoms with E-state index in [1.54, 1.807) is 13.8 Å². The number of hydrogen-bond acceptors (Lipinski definition) is 10. The summed E-state index contributed by atoms with van der Waals surface area (Å²) in [6.45, 7) is 11.4. The Morgan fingerprint density at radius 2 is 1.80 bits per heavy atom. The zero-order chi connectivity index (χ0) is 29.8.